The third kappa shape index (κ3) is 4.28. The van der Waals surface area contributed by atoms with Gasteiger partial charge in [-0.3, -0.25) is 4.79 Å². The summed E-state index contributed by atoms with van der Waals surface area (Å²) in [7, 11) is -0.576. The van der Waals surface area contributed by atoms with Crippen LogP contribution in [0.1, 0.15) is 22.8 Å². The number of hydrogen-bond acceptors (Lipinski definition) is 5. The van der Waals surface area contributed by atoms with E-state index in [0.29, 0.717) is 11.3 Å². The lowest BCUT2D eigenvalue weighted by atomic mass is 10.1. The summed E-state index contributed by atoms with van der Waals surface area (Å²) in [5, 5.41) is 15.9. The van der Waals surface area contributed by atoms with Crippen LogP contribution in [0.4, 0.5) is 0 Å². The lowest BCUT2D eigenvalue weighted by Crippen LogP contribution is -2.22. The fraction of sp³-hybridized carbons (Fsp3) is 0.143. The highest BCUT2D eigenvalue weighted by Crippen LogP contribution is 2.25. The van der Waals surface area contributed by atoms with Crippen LogP contribution in [0.5, 0.6) is 5.75 Å². The number of benzene rings is 3. The zero-order chi connectivity index (χ0) is 21.2. The molecule has 0 aromatic heterocycles. The van der Waals surface area contributed by atoms with Gasteiger partial charge >= 0.3 is 0 Å². The number of carbonyl (C=O) groups is 1. The number of sulfonamides is 1. The number of nitrogens with zero attached hydrogens (tertiary/aromatic N) is 2. The van der Waals surface area contributed by atoms with E-state index in [1.54, 1.807) is 25.1 Å². The SMILES string of the molecule is C/C(=N/NC(=O)c1cc2ccccc2cc1O)c1ccc(S(=O)(=O)N(C)C)cc1. The molecule has 0 heterocycles. The van der Waals surface area contributed by atoms with E-state index in [1.807, 2.05) is 24.3 Å². The molecule has 3 rings (SSSR count). The normalized spacial score (nSPS) is 12.3. The van der Waals surface area contributed by atoms with Gasteiger partial charge in [-0.2, -0.15) is 5.10 Å². The Kier molecular flexibility index (Phi) is 5.67. The quantitative estimate of drug-likeness (QED) is 0.498. The lowest BCUT2D eigenvalue weighted by Gasteiger charge is -2.11. The molecule has 0 unspecified atom stereocenters. The summed E-state index contributed by atoms with van der Waals surface area (Å²) in [6.45, 7) is 1.69. The van der Waals surface area contributed by atoms with Gasteiger partial charge < -0.3 is 5.11 Å². The molecule has 7 nitrogen and oxygen atoms in total. The van der Waals surface area contributed by atoms with Gasteiger partial charge in [0.2, 0.25) is 10.0 Å². The van der Waals surface area contributed by atoms with Crippen LogP contribution in [0.2, 0.25) is 0 Å². The zero-order valence-corrected chi connectivity index (χ0v) is 17.1. The lowest BCUT2D eigenvalue weighted by molar-refractivity contribution is 0.0952. The maximum atomic E-state index is 12.4. The smallest absolute Gasteiger partial charge is 0.275 e. The second kappa shape index (κ2) is 8.02. The highest BCUT2D eigenvalue weighted by Gasteiger charge is 2.17. The van der Waals surface area contributed by atoms with Gasteiger partial charge in [0, 0.05) is 14.1 Å². The van der Waals surface area contributed by atoms with E-state index in [0.717, 1.165) is 15.1 Å². The van der Waals surface area contributed by atoms with E-state index in [1.165, 1.54) is 32.3 Å². The van der Waals surface area contributed by atoms with Crippen LogP contribution < -0.4 is 5.43 Å². The molecule has 0 aliphatic carbocycles. The average Bonchev–Trinajstić information content (AvgIpc) is 2.71. The van der Waals surface area contributed by atoms with E-state index in [-0.39, 0.29) is 16.2 Å². The van der Waals surface area contributed by atoms with Crippen LogP contribution in [-0.4, -0.2) is 43.5 Å². The number of aromatic hydroxyl groups is 1. The first-order chi connectivity index (χ1) is 13.7. The summed E-state index contributed by atoms with van der Waals surface area (Å²) >= 11 is 0. The molecular weight excluding hydrogens is 390 g/mol. The highest BCUT2D eigenvalue weighted by atomic mass is 32.2. The van der Waals surface area contributed by atoms with Crippen molar-refractivity contribution in [3.8, 4) is 5.75 Å². The van der Waals surface area contributed by atoms with Gasteiger partial charge in [-0.05, 0) is 47.5 Å². The summed E-state index contributed by atoms with van der Waals surface area (Å²) in [5.74, 6) is -0.674. The summed E-state index contributed by atoms with van der Waals surface area (Å²) < 4.78 is 25.4. The largest absolute Gasteiger partial charge is 0.507 e. The van der Waals surface area contributed by atoms with Crippen molar-refractivity contribution in [3.63, 3.8) is 0 Å². The highest BCUT2D eigenvalue weighted by molar-refractivity contribution is 7.89. The summed E-state index contributed by atoms with van der Waals surface area (Å²) in [4.78, 5) is 12.6. The zero-order valence-electron chi connectivity index (χ0n) is 16.2. The Labute approximate surface area is 169 Å². The Balaban J connectivity index is 1.79. The Morgan fingerprint density at radius 2 is 1.59 bits per heavy atom. The first kappa shape index (κ1) is 20.5. The van der Waals surface area contributed by atoms with E-state index >= 15 is 0 Å². The summed E-state index contributed by atoms with van der Waals surface area (Å²) in [5.41, 5.74) is 3.70. The molecule has 29 heavy (non-hydrogen) atoms. The number of phenolic OH excluding ortho intramolecular Hbond substituents is 1. The molecule has 0 radical (unpaired) electrons. The number of rotatable bonds is 5. The van der Waals surface area contributed by atoms with Crippen LogP contribution >= 0.6 is 0 Å². The number of phenols is 1. The fourth-order valence-electron chi connectivity index (χ4n) is 2.75. The molecule has 8 heteroatoms. The van der Waals surface area contributed by atoms with Gasteiger partial charge in [-0.25, -0.2) is 18.1 Å². The van der Waals surface area contributed by atoms with E-state index in [9.17, 15) is 18.3 Å². The van der Waals surface area contributed by atoms with Gasteiger partial charge in [-0.1, -0.05) is 36.4 Å². The first-order valence-corrected chi connectivity index (χ1v) is 10.2. The van der Waals surface area contributed by atoms with Crippen LogP contribution in [0.15, 0.2) is 70.7 Å². The minimum atomic E-state index is -3.51. The standard InChI is InChI=1S/C21H21N3O4S/c1-14(15-8-10-18(11-9-15)29(27,28)24(2)3)22-23-21(26)19-12-16-6-4-5-7-17(16)13-20(19)25/h4-13,25H,1-3H3,(H,23,26)/b22-14-. The minimum absolute atomic E-state index is 0.118. The van der Waals surface area contributed by atoms with Crippen LogP contribution in [0.3, 0.4) is 0 Å². The predicted octanol–water partition coefficient (Wildman–Crippen LogP) is 2.95. The molecule has 0 aliphatic heterocycles. The molecule has 0 saturated carbocycles. The topological polar surface area (TPSA) is 99.1 Å². The molecule has 0 bridgehead atoms. The number of fused-ring (bicyclic) bond motifs is 1. The molecule has 1 amide bonds. The maximum Gasteiger partial charge on any atom is 0.275 e. The van der Waals surface area contributed by atoms with E-state index in [2.05, 4.69) is 10.5 Å². The molecular formula is C21H21N3O4S. The summed E-state index contributed by atoms with van der Waals surface area (Å²) in [6, 6.07) is 16.7. The monoisotopic (exact) mass is 411 g/mol. The van der Waals surface area contributed by atoms with Crippen LogP contribution in [-0.2, 0) is 10.0 Å². The van der Waals surface area contributed by atoms with Gasteiger partial charge in [0.25, 0.3) is 5.91 Å². The first-order valence-electron chi connectivity index (χ1n) is 8.79. The third-order valence-corrected chi connectivity index (χ3v) is 6.31. The Bertz CT molecular complexity index is 1200. The van der Waals surface area contributed by atoms with Crippen molar-refractivity contribution in [3.05, 3.63) is 71.8 Å². The molecule has 0 aliphatic rings. The number of amides is 1. The van der Waals surface area contributed by atoms with E-state index in [4.69, 9.17) is 0 Å². The van der Waals surface area contributed by atoms with Crippen molar-refractivity contribution >= 4 is 32.4 Å². The van der Waals surface area contributed by atoms with Gasteiger partial charge in [-0.15, -0.1) is 0 Å². The Morgan fingerprint density at radius 1 is 1.00 bits per heavy atom. The molecule has 2 N–H and O–H groups in total. The van der Waals surface area contributed by atoms with Crippen molar-refractivity contribution in [1.82, 2.24) is 9.73 Å². The molecule has 0 saturated heterocycles. The minimum Gasteiger partial charge on any atom is -0.507 e. The average molecular weight is 411 g/mol. The van der Waals surface area contributed by atoms with Gasteiger partial charge in [0.1, 0.15) is 5.75 Å². The van der Waals surface area contributed by atoms with Crippen molar-refractivity contribution in [2.24, 2.45) is 5.10 Å². The number of hydrazone groups is 1. The van der Waals surface area contributed by atoms with Gasteiger partial charge in [0.05, 0.1) is 16.2 Å². The Morgan fingerprint density at radius 3 is 2.17 bits per heavy atom. The molecule has 3 aromatic rings. The van der Waals surface area contributed by atoms with Crippen molar-refractivity contribution < 1.29 is 18.3 Å². The van der Waals surface area contributed by atoms with Crippen molar-refractivity contribution in [1.29, 1.82) is 0 Å². The molecule has 0 fully saturated rings. The molecule has 3 aromatic carbocycles. The second-order valence-electron chi connectivity index (χ2n) is 6.67. The van der Waals surface area contributed by atoms with Crippen molar-refractivity contribution in [2.45, 2.75) is 11.8 Å². The van der Waals surface area contributed by atoms with Crippen LogP contribution in [0.25, 0.3) is 10.8 Å². The second-order valence-corrected chi connectivity index (χ2v) is 8.82. The predicted molar refractivity (Wildman–Crippen MR) is 113 cm³/mol. The fourth-order valence-corrected chi connectivity index (χ4v) is 3.65. The van der Waals surface area contributed by atoms with Crippen LogP contribution in [0, 0.1) is 0 Å². The number of nitrogens with one attached hydrogen (secondary N) is 1. The van der Waals surface area contributed by atoms with E-state index < -0.39 is 15.9 Å². The molecule has 0 atom stereocenters. The number of hydrogen-bond donors (Lipinski definition) is 2. The summed E-state index contributed by atoms with van der Waals surface area (Å²) in [6.07, 6.45) is 0. The Hall–Kier alpha value is -3.23. The third-order valence-electron chi connectivity index (χ3n) is 4.48. The maximum absolute atomic E-state index is 12.4. The number of carbonyl (C=O) groups excluding carboxylic acids is 1. The van der Waals surface area contributed by atoms with Crippen molar-refractivity contribution in [2.75, 3.05) is 14.1 Å². The molecule has 0 spiro atoms. The van der Waals surface area contributed by atoms with Gasteiger partial charge in [0.15, 0.2) is 0 Å². The molecule has 150 valence electrons.